The van der Waals surface area contributed by atoms with E-state index in [9.17, 15) is 8.42 Å². The second-order valence-electron chi connectivity index (χ2n) is 12.4. The molecule has 0 N–H and O–H groups in total. The molecule has 0 unspecified atom stereocenters. The quantitative estimate of drug-likeness (QED) is 0.177. The number of sulfone groups is 1. The van der Waals surface area contributed by atoms with Crippen molar-refractivity contribution in [2.75, 3.05) is 0 Å². The molecule has 0 spiro atoms. The molecule has 47 heavy (non-hydrogen) atoms. The lowest BCUT2D eigenvalue weighted by Crippen LogP contribution is -2.13. The van der Waals surface area contributed by atoms with Gasteiger partial charge in [0.15, 0.2) is 9.84 Å². The van der Waals surface area contributed by atoms with Gasteiger partial charge in [-0.25, -0.2) is 26.0 Å². The fourth-order valence-corrected chi connectivity index (χ4v) is 7.76. The first-order chi connectivity index (χ1) is 22.3. The van der Waals surface area contributed by atoms with Gasteiger partial charge in [0, 0.05) is 11.1 Å². The molecule has 7 heteroatoms. The first-order valence-electron chi connectivity index (χ1n) is 15.4. The summed E-state index contributed by atoms with van der Waals surface area (Å²) >= 11 is 0. The van der Waals surface area contributed by atoms with Crippen LogP contribution in [0, 0.1) is 51.0 Å². The van der Waals surface area contributed by atoms with Gasteiger partial charge in [0.2, 0.25) is 0 Å². The third kappa shape index (κ3) is 6.54. The van der Waals surface area contributed by atoms with Gasteiger partial charge in [-0.05, 0) is 132 Å². The van der Waals surface area contributed by atoms with E-state index >= 15 is 17.6 Å². The standard InChI is InChI=1S/C40H34F4O2S/c1-23-11-13-27(15-25(23)3)31-7-5-9-33(31)29-17-37(41)35(38(42)18-29)21-47(45,46)22-36-39(43)19-30(20-40(36)44)34-10-6-8-32(34)28-14-12-24(2)26(4)16-28/h7-20H,5-6,21-22H2,1-4H3. The Morgan fingerprint density at radius 2 is 0.787 bits per heavy atom. The van der Waals surface area contributed by atoms with E-state index in [-0.39, 0.29) is 11.1 Å². The van der Waals surface area contributed by atoms with E-state index in [1.165, 1.54) is 0 Å². The van der Waals surface area contributed by atoms with Gasteiger partial charge in [-0.1, -0.05) is 60.7 Å². The number of benzene rings is 4. The molecular formula is C40H34F4O2S. The van der Waals surface area contributed by atoms with Crippen molar-refractivity contribution >= 4 is 32.1 Å². The minimum absolute atomic E-state index is 0.284. The lowest BCUT2D eigenvalue weighted by Gasteiger charge is -2.15. The average Bonchev–Trinajstić information content (AvgIpc) is 3.70. The number of hydrogen-bond donors (Lipinski definition) is 0. The first-order valence-corrected chi connectivity index (χ1v) is 17.3. The molecule has 0 atom stereocenters. The van der Waals surface area contributed by atoms with Crippen LogP contribution in [-0.4, -0.2) is 8.42 Å². The van der Waals surface area contributed by atoms with Crippen LogP contribution in [0.25, 0.3) is 22.3 Å². The molecule has 2 nitrogen and oxygen atoms in total. The Hall–Kier alpha value is -4.49. The maximum absolute atomic E-state index is 15.4. The van der Waals surface area contributed by atoms with Crippen LogP contribution < -0.4 is 0 Å². The number of halogens is 4. The number of rotatable bonds is 8. The maximum atomic E-state index is 15.4. The van der Waals surface area contributed by atoms with Crippen molar-refractivity contribution in [3.8, 4) is 0 Å². The van der Waals surface area contributed by atoms with E-state index in [1.807, 2.05) is 88.4 Å². The highest BCUT2D eigenvalue weighted by atomic mass is 32.2. The van der Waals surface area contributed by atoms with E-state index in [0.29, 0.717) is 24.0 Å². The molecule has 0 fully saturated rings. The maximum Gasteiger partial charge on any atom is 0.159 e. The predicted octanol–water partition coefficient (Wildman–Crippen LogP) is 10.3. The molecule has 0 saturated carbocycles. The monoisotopic (exact) mass is 654 g/mol. The van der Waals surface area contributed by atoms with Crippen molar-refractivity contribution < 1.29 is 26.0 Å². The molecule has 240 valence electrons. The van der Waals surface area contributed by atoms with Gasteiger partial charge in [0.05, 0.1) is 11.5 Å². The summed E-state index contributed by atoms with van der Waals surface area (Å²) in [5.41, 5.74) is 8.48. The Morgan fingerprint density at radius 1 is 0.468 bits per heavy atom. The second-order valence-corrected chi connectivity index (χ2v) is 14.5. The summed E-state index contributed by atoms with van der Waals surface area (Å²) in [5.74, 6) is -6.24. The highest BCUT2D eigenvalue weighted by Crippen LogP contribution is 2.40. The van der Waals surface area contributed by atoms with Gasteiger partial charge in [-0.3, -0.25) is 0 Å². The number of allylic oxidation sites excluding steroid dienone is 8. The highest BCUT2D eigenvalue weighted by molar-refractivity contribution is 7.89. The minimum Gasteiger partial charge on any atom is -0.228 e. The van der Waals surface area contributed by atoms with Crippen LogP contribution in [0.4, 0.5) is 17.6 Å². The summed E-state index contributed by atoms with van der Waals surface area (Å²) in [5, 5.41) is 0. The lowest BCUT2D eigenvalue weighted by atomic mass is 9.92. The van der Waals surface area contributed by atoms with Gasteiger partial charge in [-0.2, -0.15) is 0 Å². The molecule has 0 radical (unpaired) electrons. The van der Waals surface area contributed by atoms with Gasteiger partial charge in [0.1, 0.15) is 23.3 Å². The molecule has 0 amide bonds. The zero-order valence-corrected chi connectivity index (χ0v) is 27.5. The molecule has 2 aliphatic rings. The van der Waals surface area contributed by atoms with Crippen LogP contribution in [0.5, 0.6) is 0 Å². The van der Waals surface area contributed by atoms with Crippen LogP contribution in [0.1, 0.15) is 68.5 Å². The van der Waals surface area contributed by atoms with Gasteiger partial charge in [-0.15, -0.1) is 0 Å². The summed E-state index contributed by atoms with van der Waals surface area (Å²) in [4.78, 5) is 0. The van der Waals surface area contributed by atoms with Crippen LogP contribution >= 0.6 is 0 Å². The molecule has 0 aromatic heterocycles. The Labute approximate surface area is 273 Å². The van der Waals surface area contributed by atoms with E-state index in [0.717, 1.165) is 68.8 Å². The summed E-state index contributed by atoms with van der Waals surface area (Å²) in [6.45, 7) is 7.99. The Morgan fingerprint density at radius 3 is 1.11 bits per heavy atom. The zero-order chi connectivity index (χ0) is 33.6. The number of hydrogen-bond acceptors (Lipinski definition) is 2. The average molecular weight is 655 g/mol. The molecular weight excluding hydrogens is 620 g/mol. The largest absolute Gasteiger partial charge is 0.228 e. The Balaban J connectivity index is 1.22. The molecule has 0 heterocycles. The smallest absolute Gasteiger partial charge is 0.159 e. The molecule has 6 rings (SSSR count). The second kappa shape index (κ2) is 12.6. The molecule has 0 aliphatic heterocycles. The van der Waals surface area contributed by atoms with Crippen molar-refractivity contribution in [2.45, 2.75) is 52.0 Å². The number of aryl methyl sites for hydroxylation is 4. The highest BCUT2D eigenvalue weighted by Gasteiger charge is 2.26. The summed E-state index contributed by atoms with van der Waals surface area (Å²) in [6, 6.07) is 16.4. The van der Waals surface area contributed by atoms with Crippen LogP contribution in [-0.2, 0) is 21.3 Å². The van der Waals surface area contributed by atoms with Crippen LogP contribution in [0.15, 0.2) is 85.0 Å². The SMILES string of the molecule is Cc1ccc(C2=CCC=C2c2cc(F)c(CS(=O)(=O)Cc3c(F)cc(C4=CCC=C4c4ccc(C)c(C)c4)cc3F)c(F)c2)cc1C. The topological polar surface area (TPSA) is 34.1 Å². The molecule has 2 aliphatic carbocycles. The van der Waals surface area contributed by atoms with Crippen molar-refractivity contribution in [2.24, 2.45) is 0 Å². The first kappa shape index (κ1) is 32.5. The summed E-state index contributed by atoms with van der Waals surface area (Å²) < 4.78 is 87.8. The minimum atomic E-state index is -4.38. The summed E-state index contributed by atoms with van der Waals surface area (Å²) in [6.07, 6.45) is 8.87. The molecule has 0 bridgehead atoms. The van der Waals surface area contributed by atoms with Crippen molar-refractivity contribution in [3.63, 3.8) is 0 Å². The Kier molecular flexibility index (Phi) is 8.70. The van der Waals surface area contributed by atoms with Crippen LogP contribution in [0.3, 0.4) is 0 Å². The van der Waals surface area contributed by atoms with Crippen molar-refractivity contribution in [1.29, 1.82) is 0 Å². The van der Waals surface area contributed by atoms with E-state index in [2.05, 4.69) is 0 Å². The zero-order valence-electron chi connectivity index (χ0n) is 26.6. The Bertz CT molecular complexity index is 1990. The third-order valence-corrected chi connectivity index (χ3v) is 10.6. The lowest BCUT2D eigenvalue weighted by molar-refractivity contribution is 0.547. The van der Waals surface area contributed by atoms with Gasteiger partial charge < -0.3 is 0 Å². The third-order valence-electron chi connectivity index (χ3n) is 9.14. The molecule has 4 aromatic carbocycles. The predicted molar refractivity (Wildman–Crippen MR) is 182 cm³/mol. The fourth-order valence-electron chi connectivity index (χ4n) is 6.22. The normalized spacial score (nSPS) is 14.6. The van der Waals surface area contributed by atoms with Crippen molar-refractivity contribution in [1.82, 2.24) is 0 Å². The fraction of sp³-hybridized carbons (Fsp3) is 0.200. The molecule has 0 saturated heterocycles. The summed E-state index contributed by atoms with van der Waals surface area (Å²) in [7, 11) is -4.38. The van der Waals surface area contributed by atoms with Gasteiger partial charge >= 0.3 is 0 Å². The van der Waals surface area contributed by atoms with E-state index in [1.54, 1.807) is 0 Å². The van der Waals surface area contributed by atoms with Crippen LogP contribution in [0.2, 0.25) is 0 Å². The van der Waals surface area contributed by atoms with Gasteiger partial charge in [0.25, 0.3) is 0 Å². The van der Waals surface area contributed by atoms with E-state index < -0.39 is 55.7 Å². The van der Waals surface area contributed by atoms with E-state index in [4.69, 9.17) is 0 Å². The van der Waals surface area contributed by atoms with Crippen molar-refractivity contribution in [3.05, 3.63) is 164 Å². The molecule has 4 aromatic rings.